The summed E-state index contributed by atoms with van der Waals surface area (Å²) in [5, 5.41) is 3.26. The zero-order chi connectivity index (χ0) is 24.5. The molecule has 2 heterocycles. The number of ether oxygens (including phenoxy) is 2. The number of nitrogens with one attached hydrogen (secondary N) is 2. The van der Waals surface area contributed by atoms with Gasteiger partial charge in [0.2, 0.25) is 0 Å². The fraction of sp³-hybridized carbons (Fsp3) is 0.261. The summed E-state index contributed by atoms with van der Waals surface area (Å²) in [4.78, 5) is 40.3. The average Bonchev–Trinajstić information content (AvgIpc) is 3.17. The number of amides is 1. The number of hydrogen-bond acceptors (Lipinski definition) is 6. The number of hydrogen-bond donors (Lipinski definition) is 2. The van der Waals surface area contributed by atoms with Gasteiger partial charge in [0.05, 0.1) is 18.7 Å². The van der Waals surface area contributed by atoms with Gasteiger partial charge >= 0.3 is 18.2 Å². The number of nitrogens with zero attached hydrogens (tertiary/aromatic N) is 1. The number of halogens is 4. The number of H-pyrrole nitrogens is 1. The van der Waals surface area contributed by atoms with Crippen LogP contribution in [0.2, 0.25) is 0 Å². The Hall–Kier alpha value is -3.57. The summed E-state index contributed by atoms with van der Waals surface area (Å²) in [7, 11) is 1.60. The molecule has 1 amide bonds. The second-order valence-corrected chi connectivity index (χ2v) is 7.66. The Morgan fingerprint density at radius 1 is 1.20 bits per heavy atom. The summed E-state index contributed by atoms with van der Waals surface area (Å²) in [6, 6.07) is 11.0. The van der Waals surface area contributed by atoms with E-state index in [0.29, 0.717) is 11.1 Å². The number of cyclic esters (lactones) is 1. The van der Waals surface area contributed by atoms with Crippen molar-refractivity contribution >= 4 is 40.9 Å². The first-order valence-electron chi connectivity index (χ1n) is 10.3. The van der Waals surface area contributed by atoms with Gasteiger partial charge in [-0.2, -0.15) is 13.2 Å². The maximum Gasteiger partial charge on any atom is 0.417 e. The Kier molecular flexibility index (Phi) is 7.71. The largest absolute Gasteiger partial charge is 0.461 e. The van der Waals surface area contributed by atoms with Crippen LogP contribution < -0.4 is 15.8 Å². The first-order valence-corrected chi connectivity index (χ1v) is 10.3. The molecular formula is C23H21ClF3N3O5. The molecule has 0 saturated carbocycles. The molecule has 0 unspecified atom stereocenters. The van der Waals surface area contributed by atoms with Gasteiger partial charge in [0.15, 0.2) is 6.10 Å². The smallest absolute Gasteiger partial charge is 0.417 e. The van der Waals surface area contributed by atoms with Crippen molar-refractivity contribution in [3.63, 3.8) is 0 Å². The highest BCUT2D eigenvalue weighted by Gasteiger charge is 2.34. The van der Waals surface area contributed by atoms with E-state index in [1.54, 1.807) is 19.2 Å². The number of carbonyl (C=O) groups is 2. The lowest BCUT2D eigenvalue weighted by molar-refractivity contribution is -0.144. The minimum absolute atomic E-state index is 0. The lowest BCUT2D eigenvalue weighted by atomic mass is 10.0. The highest BCUT2D eigenvalue weighted by molar-refractivity contribution is 5.94. The van der Waals surface area contributed by atoms with Crippen molar-refractivity contribution in [2.75, 3.05) is 31.6 Å². The van der Waals surface area contributed by atoms with Gasteiger partial charge in [-0.05, 0) is 36.7 Å². The molecule has 0 aliphatic carbocycles. The summed E-state index contributed by atoms with van der Waals surface area (Å²) in [6.07, 6.45) is -5.93. The molecule has 1 aliphatic heterocycles. The molecule has 186 valence electrons. The van der Waals surface area contributed by atoms with Crippen LogP contribution in [0.4, 0.5) is 23.7 Å². The molecule has 2 N–H and O–H groups in total. The van der Waals surface area contributed by atoms with Crippen LogP contribution in [0.15, 0.2) is 53.3 Å². The SMILES string of the molecule is CNCC(=O)OC[C@@H]1CN(c2ccc3cc(-c4ccccc4C(F)(F)F)[nH]c(=O)c3c2)C(=O)O1.Cl. The molecule has 0 radical (unpaired) electrons. The van der Waals surface area contributed by atoms with Gasteiger partial charge in [-0.15, -0.1) is 12.4 Å². The van der Waals surface area contributed by atoms with E-state index in [1.807, 2.05) is 0 Å². The molecule has 12 heteroatoms. The molecule has 35 heavy (non-hydrogen) atoms. The molecule has 8 nitrogen and oxygen atoms in total. The molecule has 1 aromatic heterocycles. The van der Waals surface area contributed by atoms with E-state index in [-0.39, 0.29) is 48.7 Å². The van der Waals surface area contributed by atoms with E-state index in [0.717, 1.165) is 6.07 Å². The third-order valence-corrected chi connectivity index (χ3v) is 5.29. The van der Waals surface area contributed by atoms with Gasteiger partial charge in [0, 0.05) is 22.3 Å². The lowest BCUT2D eigenvalue weighted by Crippen LogP contribution is -2.28. The minimum Gasteiger partial charge on any atom is -0.461 e. The van der Waals surface area contributed by atoms with Crippen LogP contribution in [-0.2, 0) is 20.4 Å². The van der Waals surface area contributed by atoms with E-state index in [4.69, 9.17) is 9.47 Å². The van der Waals surface area contributed by atoms with Crippen LogP contribution >= 0.6 is 12.4 Å². The molecule has 1 aliphatic rings. The van der Waals surface area contributed by atoms with Crippen LogP contribution in [-0.4, -0.2) is 49.9 Å². The Bertz CT molecular complexity index is 1310. The van der Waals surface area contributed by atoms with Gasteiger partial charge in [0.1, 0.15) is 6.61 Å². The summed E-state index contributed by atoms with van der Waals surface area (Å²) in [6.45, 7) is 0.0122. The minimum atomic E-state index is -4.58. The summed E-state index contributed by atoms with van der Waals surface area (Å²) >= 11 is 0. The van der Waals surface area contributed by atoms with Crippen molar-refractivity contribution in [2.24, 2.45) is 0 Å². The van der Waals surface area contributed by atoms with E-state index in [9.17, 15) is 27.6 Å². The van der Waals surface area contributed by atoms with Crippen molar-refractivity contribution < 1.29 is 32.2 Å². The summed E-state index contributed by atoms with van der Waals surface area (Å²) in [5.41, 5.74) is -1.20. The third kappa shape index (κ3) is 5.57. The number of rotatable bonds is 6. The molecule has 2 aromatic carbocycles. The van der Waals surface area contributed by atoms with E-state index < -0.39 is 35.5 Å². The molecule has 3 aromatic rings. The monoisotopic (exact) mass is 511 g/mol. The molecule has 1 saturated heterocycles. The number of aromatic amines is 1. The second kappa shape index (κ2) is 10.4. The first-order chi connectivity index (χ1) is 16.2. The quantitative estimate of drug-likeness (QED) is 0.489. The highest BCUT2D eigenvalue weighted by atomic mass is 35.5. The van der Waals surface area contributed by atoms with E-state index in [2.05, 4.69) is 10.3 Å². The fourth-order valence-corrected chi connectivity index (χ4v) is 3.73. The topological polar surface area (TPSA) is 101 Å². The number of carbonyl (C=O) groups excluding carboxylic acids is 2. The number of alkyl halides is 3. The molecule has 0 bridgehead atoms. The van der Waals surface area contributed by atoms with Crippen LogP contribution in [0.5, 0.6) is 0 Å². The maximum atomic E-state index is 13.4. The second-order valence-electron chi connectivity index (χ2n) is 7.66. The summed E-state index contributed by atoms with van der Waals surface area (Å²) in [5.74, 6) is -0.489. The van der Waals surface area contributed by atoms with Crippen molar-refractivity contribution in [1.29, 1.82) is 0 Å². The highest BCUT2D eigenvalue weighted by Crippen LogP contribution is 2.36. The standard InChI is InChI=1S/C23H20F3N3O5.ClH/c1-27-10-20(30)33-12-15-11-29(22(32)34-15)14-7-6-13-8-19(28-21(31)17(13)9-14)16-4-2-3-5-18(16)23(24,25)26;/h2-9,15,27H,10-12H2,1H3,(H,28,31);1H/t15-;/m0./s1. The van der Waals surface area contributed by atoms with Crippen molar-refractivity contribution in [2.45, 2.75) is 12.3 Å². The maximum absolute atomic E-state index is 13.4. The van der Waals surface area contributed by atoms with Gasteiger partial charge < -0.3 is 19.8 Å². The number of pyridine rings is 1. The summed E-state index contributed by atoms with van der Waals surface area (Å²) < 4.78 is 50.5. The lowest BCUT2D eigenvalue weighted by Gasteiger charge is -2.15. The zero-order valence-electron chi connectivity index (χ0n) is 18.3. The molecule has 1 fully saturated rings. The van der Waals surface area contributed by atoms with Crippen molar-refractivity contribution in [1.82, 2.24) is 10.3 Å². The van der Waals surface area contributed by atoms with E-state index >= 15 is 0 Å². The van der Waals surface area contributed by atoms with Crippen molar-refractivity contribution in [3.8, 4) is 11.3 Å². The number of likely N-dealkylation sites (N-methyl/N-ethyl adjacent to an activating group) is 1. The number of aromatic nitrogens is 1. The van der Waals surface area contributed by atoms with Crippen LogP contribution in [0, 0.1) is 0 Å². The van der Waals surface area contributed by atoms with Crippen LogP contribution in [0.3, 0.4) is 0 Å². The number of fused-ring (bicyclic) bond motifs is 1. The van der Waals surface area contributed by atoms with Gasteiger partial charge in [-0.3, -0.25) is 14.5 Å². The molecule has 4 rings (SSSR count). The molecular weight excluding hydrogens is 491 g/mol. The van der Waals surface area contributed by atoms with Gasteiger partial charge in [-0.25, -0.2) is 4.79 Å². The molecule has 0 spiro atoms. The Morgan fingerprint density at radius 3 is 2.66 bits per heavy atom. The Balaban J connectivity index is 0.00000342. The number of anilines is 1. The van der Waals surface area contributed by atoms with Gasteiger partial charge in [0.25, 0.3) is 5.56 Å². The fourth-order valence-electron chi connectivity index (χ4n) is 3.73. The zero-order valence-corrected chi connectivity index (χ0v) is 19.2. The number of benzene rings is 2. The predicted octanol–water partition coefficient (Wildman–Crippen LogP) is 3.72. The number of esters is 1. The Morgan fingerprint density at radius 2 is 1.94 bits per heavy atom. The van der Waals surface area contributed by atoms with E-state index in [1.165, 1.54) is 35.2 Å². The first kappa shape index (κ1) is 26.0. The average molecular weight is 512 g/mol. The van der Waals surface area contributed by atoms with Crippen LogP contribution in [0.25, 0.3) is 22.0 Å². The third-order valence-electron chi connectivity index (χ3n) is 5.29. The molecule has 1 atom stereocenters. The van der Waals surface area contributed by atoms with Crippen LogP contribution in [0.1, 0.15) is 5.56 Å². The van der Waals surface area contributed by atoms with Crippen molar-refractivity contribution in [3.05, 3.63) is 64.4 Å². The Labute approximate surface area is 203 Å². The normalized spacial score (nSPS) is 15.6. The van der Waals surface area contributed by atoms with Gasteiger partial charge in [-0.1, -0.05) is 24.3 Å². The predicted molar refractivity (Wildman–Crippen MR) is 125 cm³/mol.